The summed E-state index contributed by atoms with van der Waals surface area (Å²) in [5, 5.41) is 0. The largest absolute Gasteiger partial charge is 0.463 e. The van der Waals surface area contributed by atoms with Crippen LogP contribution in [0.15, 0.2) is 49.6 Å². The van der Waals surface area contributed by atoms with Gasteiger partial charge in [-0.3, -0.25) is 0 Å². The highest BCUT2D eigenvalue weighted by atomic mass is 16.5. The molecule has 2 heteroatoms. The van der Waals surface area contributed by atoms with Gasteiger partial charge in [-0.05, 0) is 27.2 Å². The van der Waals surface area contributed by atoms with Crippen molar-refractivity contribution in [1.29, 1.82) is 0 Å². The number of rotatable bonds is 5. The quantitative estimate of drug-likeness (QED) is 0.230. The van der Waals surface area contributed by atoms with Crippen LogP contribution in [0.25, 0.3) is 0 Å². The number of hydrogen-bond donors (Lipinski definition) is 0. The highest BCUT2D eigenvalue weighted by Gasteiger charge is 1.91. The van der Waals surface area contributed by atoms with Crippen LogP contribution in [0, 0.1) is 0 Å². The van der Waals surface area contributed by atoms with Crippen LogP contribution in [0.3, 0.4) is 0 Å². The first-order valence-corrected chi connectivity index (χ1v) is 6.00. The van der Waals surface area contributed by atoms with Gasteiger partial charge in [0.15, 0.2) is 0 Å². The molecule has 0 aliphatic carbocycles. The van der Waals surface area contributed by atoms with Gasteiger partial charge in [-0.2, -0.15) is 0 Å². The molecule has 0 atom stereocenters. The zero-order valence-electron chi connectivity index (χ0n) is 12.4. The summed E-state index contributed by atoms with van der Waals surface area (Å²) in [4.78, 5) is 10.3. The van der Waals surface area contributed by atoms with E-state index in [2.05, 4.69) is 31.1 Å². The summed E-state index contributed by atoms with van der Waals surface area (Å²) in [6.07, 6.45) is 4.87. The molecule has 0 fully saturated rings. The molecular formula is C16H28O2. The van der Waals surface area contributed by atoms with E-state index >= 15 is 0 Å². The Balaban J connectivity index is -0.000000212. The topological polar surface area (TPSA) is 26.3 Å². The molecule has 0 saturated heterocycles. The lowest BCUT2D eigenvalue weighted by molar-refractivity contribution is -0.137. The fourth-order valence-electron chi connectivity index (χ4n) is 0.376. The Kier molecular flexibility index (Phi) is 21.5. The van der Waals surface area contributed by atoms with Crippen molar-refractivity contribution in [2.24, 2.45) is 0 Å². The fourth-order valence-corrected chi connectivity index (χ4v) is 0.376. The summed E-state index contributed by atoms with van der Waals surface area (Å²) in [5.74, 6) is -0.330. The van der Waals surface area contributed by atoms with Gasteiger partial charge in [0, 0.05) is 6.08 Å². The third-order valence-electron chi connectivity index (χ3n) is 1.26. The summed E-state index contributed by atoms with van der Waals surface area (Å²) in [7, 11) is 0. The summed E-state index contributed by atoms with van der Waals surface area (Å²) in [6, 6.07) is 0. The van der Waals surface area contributed by atoms with Crippen molar-refractivity contribution in [1.82, 2.24) is 0 Å². The molecule has 0 N–H and O–H groups in total. The van der Waals surface area contributed by atoms with E-state index in [0.29, 0.717) is 6.61 Å². The fraction of sp³-hybridized carbons (Fsp3) is 0.438. The van der Waals surface area contributed by atoms with Gasteiger partial charge in [-0.25, -0.2) is 4.79 Å². The minimum atomic E-state index is -0.330. The maximum Gasteiger partial charge on any atom is 0.330 e. The molecule has 0 heterocycles. The summed E-state index contributed by atoms with van der Waals surface area (Å²) < 4.78 is 4.67. The Hall–Kier alpha value is -1.57. The molecule has 0 saturated carbocycles. The zero-order valence-corrected chi connectivity index (χ0v) is 12.4. The third-order valence-corrected chi connectivity index (χ3v) is 1.26. The van der Waals surface area contributed by atoms with Gasteiger partial charge in [-0.15, -0.1) is 6.58 Å². The highest BCUT2D eigenvalue weighted by molar-refractivity contribution is 5.81. The standard InChI is InChI=1S/C7H12O2.C5H8.C4H8/c1-3-5-6-9-7(8)4-2;1-4-5(2)3;1-4(2)3/h4H,2-3,5-6H2,1H3;4H,1-2H2,3H3;1H2,2-3H3. The molecule has 0 rings (SSSR count). The van der Waals surface area contributed by atoms with E-state index in [4.69, 9.17) is 0 Å². The lowest BCUT2D eigenvalue weighted by Gasteiger charge is -1.97. The van der Waals surface area contributed by atoms with Gasteiger partial charge >= 0.3 is 5.97 Å². The van der Waals surface area contributed by atoms with Crippen LogP contribution >= 0.6 is 0 Å². The van der Waals surface area contributed by atoms with E-state index in [9.17, 15) is 4.79 Å². The van der Waals surface area contributed by atoms with Gasteiger partial charge in [0.1, 0.15) is 0 Å². The molecule has 0 amide bonds. The number of unbranched alkanes of at least 4 members (excludes halogenated alkanes) is 1. The number of carbonyl (C=O) groups excluding carboxylic acids is 1. The predicted molar refractivity (Wildman–Crippen MR) is 81.6 cm³/mol. The van der Waals surface area contributed by atoms with Gasteiger partial charge < -0.3 is 4.74 Å². The molecule has 0 spiro atoms. The first kappa shape index (κ1) is 21.7. The van der Waals surface area contributed by atoms with Crippen LogP contribution in [-0.2, 0) is 9.53 Å². The van der Waals surface area contributed by atoms with Crippen LogP contribution in [0.1, 0.15) is 40.5 Å². The van der Waals surface area contributed by atoms with Crippen molar-refractivity contribution in [3.63, 3.8) is 0 Å². The van der Waals surface area contributed by atoms with E-state index in [1.807, 2.05) is 27.7 Å². The monoisotopic (exact) mass is 252 g/mol. The Morgan fingerprint density at radius 3 is 1.72 bits per heavy atom. The molecule has 0 aliphatic rings. The van der Waals surface area contributed by atoms with Crippen LogP contribution in [-0.4, -0.2) is 12.6 Å². The van der Waals surface area contributed by atoms with E-state index in [-0.39, 0.29) is 5.97 Å². The molecule has 0 radical (unpaired) electrons. The van der Waals surface area contributed by atoms with Crippen LogP contribution in [0.4, 0.5) is 0 Å². The van der Waals surface area contributed by atoms with E-state index < -0.39 is 0 Å². The van der Waals surface area contributed by atoms with E-state index in [0.717, 1.165) is 18.4 Å². The van der Waals surface area contributed by atoms with Crippen molar-refractivity contribution in [2.75, 3.05) is 6.61 Å². The number of hydrogen-bond acceptors (Lipinski definition) is 2. The second kappa shape index (κ2) is 17.8. The second-order valence-corrected chi connectivity index (χ2v) is 3.98. The summed E-state index contributed by atoms with van der Waals surface area (Å²) >= 11 is 0. The smallest absolute Gasteiger partial charge is 0.330 e. The predicted octanol–water partition coefficient (Wildman–Crippen LogP) is 4.85. The summed E-state index contributed by atoms with van der Waals surface area (Å²) in [5.41, 5.74) is 2.19. The zero-order chi connectivity index (χ0) is 15.0. The van der Waals surface area contributed by atoms with E-state index in [1.165, 1.54) is 11.6 Å². The minimum Gasteiger partial charge on any atom is -0.463 e. The van der Waals surface area contributed by atoms with Crippen molar-refractivity contribution in [3.05, 3.63) is 49.6 Å². The number of esters is 1. The van der Waals surface area contributed by atoms with Gasteiger partial charge in [0.25, 0.3) is 0 Å². The van der Waals surface area contributed by atoms with Crippen molar-refractivity contribution in [2.45, 2.75) is 40.5 Å². The molecule has 0 bridgehead atoms. The van der Waals surface area contributed by atoms with Crippen molar-refractivity contribution >= 4 is 5.97 Å². The van der Waals surface area contributed by atoms with Crippen molar-refractivity contribution < 1.29 is 9.53 Å². The SMILES string of the molecule is C=C(C)C.C=CC(=C)C.C=CC(=O)OCCCC. The number of allylic oxidation sites excluding steroid dienone is 3. The van der Waals surface area contributed by atoms with E-state index in [1.54, 1.807) is 6.08 Å². The Labute approximate surface area is 113 Å². The molecule has 0 aliphatic heterocycles. The first-order chi connectivity index (χ1) is 8.31. The first-order valence-electron chi connectivity index (χ1n) is 6.00. The lowest BCUT2D eigenvalue weighted by Crippen LogP contribution is -2.00. The molecule has 2 nitrogen and oxygen atoms in total. The Morgan fingerprint density at radius 2 is 1.50 bits per heavy atom. The Bertz CT molecular complexity index is 258. The lowest BCUT2D eigenvalue weighted by atomic mass is 10.4. The molecule has 0 aromatic carbocycles. The number of carbonyl (C=O) groups is 1. The molecule has 0 aromatic heterocycles. The molecule has 104 valence electrons. The van der Waals surface area contributed by atoms with Crippen LogP contribution in [0.2, 0.25) is 0 Å². The molecular weight excluding hydrogens is 224 g/mol. The highest BCUT2D eigenvalue weighted by Crippen LogP contribution is 1.88. The third kappa shape index (κ3) is 47.1. The van der Waals surface area contributed by atoms with Gasteiger partial charge in [-0.1, -0.05) is 50.3 Å². The average Bonchev–Trinajstić information content (AvgIpc) is 2.29. The second-order valence-electron chi connectivity index (χ2n) is 3.98. The van der Waals surface area contributed by atoms with Gasteiger partial charge in [0.05, 0.1) is 6.61 Å². The van der Waals surface area contributed by atoms with Crippen LogP contribution in [0.5, 0.6) is 0 Å². The van der Waals surface area contributed by atoms with Gasteiger partial charge in [0.2, 0.25) is 0 Å². The molecule has 0 unspecified atom stereocenters. The maximum absolute atomic E-state index is 10.3. The van der Waals surface area contributed by atoms with Crippen LogP contribution < -0.4 is 0 Å². The molecule has 0 aromatic rings. The normalized spacial score (nSPS) is 7.56. The Morgan fingerprint density at radius 1 is 1.11 bits per heavy atom. The number of ether oxygens (including phenoxy) is 1. The average molecular weight is 252 g/mol. The maximum atomic E-state index is 10.3. The minimum absolute atomic E-state index is 0.330. The van der Waals surface area contributed by atoms with Crippen molar-refractivity contribution in [3.8, 4) is 0 Å². The summed E-state index contributed by atoms with van der Waals surface area (Å²) in [6.45, 7) is 22.2. The molecule has 18 heavy (non-hydrogen) atoms.